The Balaban J connectivity index is 1.81. The molecule has 2 atom stereocenters. The molecule has 3 rings (SSSR count). The lowest BCUT2D eigenvalue weighted by molar-refractivity contribution is -0.385. The fourth-order valence-electron chi connectivity index (χ4n) is 3.12. The van der Waals surface area contributed by atoms with Crippen LogP contribution >= 0.6 is 0 Å². The first-order valence-corrected chi connectivity index (χ1v) is 8.32. The molecule has 9 heteroatoms. The molecule has 1 aromatic rings. The zero-order chi connectivity index (χ0) is 19.1. The number of hydrogen-bond acceptors (Lipinski definition) is 7. The van der Waals surface area contributed by atoms with Crippen molar-refractivity contribution in [1.29, 1.82) is 5.26 Å². The molecule has 0 unspecified atom stereocenters. The highest BCUT2D eigenvalue weighted by Gasteiger charge is 2.39. The maximum atomic E-state index is 12.3. The van der Waals surface area contributed by atoms with E-state index in [0.29, 0.717) is 25.2 Å². The number of fused-ring (bicyclic) bond motifs is 2. The van der Waals surface area contributed by atoms with Gasteiger partial charge >= 0.3 is 6.09 Å². The zero-order valence-corrected chi connectivity index (χ0v) is 14.8. The summed E-state index contributed by atoms with van der Waals surface area (Å²) in [5, 5.41) is 23.7. The molecule has 0 spiro atoms. The number of carbonyl (C=O) groups excluding carboxylic acids is 1. The number of nitrogens with zero attached hydrogens (tertiary/aromatic N) is 3. The van der Waals surface area contributed by atoms with Crippen LogP contribution in [0.2, 0.25) is 0 Å². The van der Waals surface area contributed by atoms with Crippen LogP contribution in [0.15, 0.2) is 12.1 Å². The minimum absolute atomic E-state index is 0.0898. The molecule has 1 fully saturated rings. The molecule has 138 valence electrons. The number of likely N-dealkylation sites (tertiary alicyclic amines) is 1. The van der Waals surface area contributed by atoms with Gasteiger partial charge in [-0.2, -0.15) is 5.26 Å². The van der Waals surface area contributed by atoms with Crippen molar-refractivity contribution in [3.63, 3.8) is 0 Å². The Morgan fingerprint density at radius 1 is 1.50 bits per heavy atom. The lowest BCUT2D eigenvalue weighted by Gasteiger charge is -2.42. The van der Waals surface area contributed by atoms with Crippen LogP contribution in [-0.4, -0.2) is 46.8 Å². The monoisotopic (exact) mass is 360 g/mol. The lowest BCUT2D eigenvalue weighted by atomic mass is 9.98. The minimum atomic E-state index is -0.598. The number of nitro groups is 1. The third kappa shape index (κ3) is 3.35. The van der Waals surface area contributed by atoms with Crippen LogP contribution < -0.4 is 10.1 Å². The summed E-state index contributed by atoms with van der Waals surface area (Å²) in [6.45, 7) is 6.27. The van der Waals surface area contributed by atoms with Crippen molar-refractivity contribution < 1.29 is 19.2 Å². The number of hydrogen-bond donors (Lipinski definition) is 1. The van der Waals surface area contributed by atoms with E-state index in [1.165, 1.54) is 12.1 Å². The largest absolute Gasteiger partial charge is 0.484 e. The highest BCUT2D eigenvalue weighted by molar-refractivity contribution is 5.72. The van der Waals surface area contributed by atoms with Gasteiger partial charge in [0.05, 0.1) is 16.7 Å². The van der Waals surface area contributed by atoms with Crippen LogP contribution in [0.5, 0.6) is 5.75 Å². The Morgan fingerprint density at radius 2 is 2.23 bits per heavy atom. The molecule has 0 aromatic heterocycles. The first-order chi connectivity index (χ1) is 12.2. The highest BCUT2D eigenvalue weighted by Crippen LogP contribution is 2.40. The van der Waals surface area contributed by atoms with Crippen LogP contribution in [-0.2, 0) is 4.74 Å². The first kappa shape index (κ1) is 17.8. The number of rotatable bonds is 1. The van der Waals surface area contributed by atoms with Crippen LogP contribution in [0, 0.1) is 21.4 Å². The van der Waals surface area contributed by atoms with Crippen LogP contribution in [0.25, 0.3) is 0 Å². The quantitative estimate of drug-likeness (QED) is 0.604. The Labute approximate surface area is 150 Å². The second kappa shape index (κ2) is 6.37. The van der Waals surface area contributed by atoms with E-state index < -0.39 is 10.5 Å². The Morgan fingerprint density at radius 3 is 2.85 bits per heavy atom. The predicted octanol–water partition coefficient (Wildman–Crippen LogP) is 2.65. The van der Waals surface area contributed by atoms with Gasteiger partial charge in [-0.3, -0.25) is 10.1 Å². The Kier molecular flexibility index (Phi) is 4.36. The van der Waals surface area contributed by atoms with Gasteiger partial charge in [-0.15, -0.1) is 0 Å². The molecule has 2 aliphatic heterocycles. The summed E-state index contributed by atoms with van der Waals surface area (Å²) >= 11 is 0. The molecule has 26 heavy (non-hydrogen) atoms. The summed E-state index contributed by atoms with van der Waals surface area (Å²) in [4.78, 5) is 24.4. The SMILES string of the molecule is CC(C)(C)OC(=O)N1CC[C@@H]2Oc3c(ccc([N+](=O)[O-])c3C#N)N[C@@H]2C1. The summed E-state index contributed by atoms with van der Waals surface area (Å²) < 4.78 is 11.3. The number of anilines is 1. The number of benzene rings is 1. The maximum absolute atomic E-state index is 12.3. The summed E-state index contributed by atoms with van der Waals surface area (Å²) in [7, 11) is 0. The molecule has 0 saturated carbocycles. The standard InChI is InChI=1S/C17H20N4O5/c1-17(2,3)26-16(22)20-7-6-14-12(9-20)19-11-4-5-13(21(23)24)10(8-18)15(11)25-14/h4-5,12,14,19H,6-7,9H2,1-3H3/t12-,14+/m1/s1. The molecule has 1 aromatic carbocycles. The van der Waals surface area contributed by atoms with E-state index in [9.17, 15) is 20.2 Å². The number of piperidine rings is 1. The lowest BCUT2D eigenvalue weighted by Crippen LogP contribution is -2.56. The van der Waals surface area contributed by atoms with Crippen molar-refractivity contribution >= 4 is 17.5 Å². The van der Waals surface area contributed by atoms with E-state index in [2.05, 4.69) is 5.32 Å². The summed E-state index contributed by atoms with van der Waals surface area (Å²) in [5.41, 5.74) is -0.428. The van der Waals surface area contributed by atoms with Crippen molar-refractivity contribution in [2.45, 2.75) is 44.9 Å². The smallest absolute Gasteiger partial charge is 0.410 e. The number of ether oxygens (including phenoxy) is 2. The zero-order valence-electron chi connectivity index (χ0n) is 14.8. The average molecular weight is 360 g/mol. The van der Waals surface area contributed by atoms with Gasteiger partial charge in [0.2, 0.25) is 0 Å². The minimum Gasteiger partial charge on any atom is -0.484 e. The second-order valence-corrected chi connectivity index (χ2v) is 7.33. The van der Waals surface area contributed by atoms with E-state index in [1.807, 2.05) is 26.8 Å². The van der Waals surface area contributed by atoms with Crippen LogP contribution in [0.4, 0.5) is 16.2 Å². The van der Waals surface area contributed by atoms with Crippen LogP contribution in [0.1, 0.15) is 32.8 Å². The topological polar surface area (TPSA) is 118 Å². The number of nitrogens with one attached hydrogen (secondary N) is 1. The first-order valence-electron chi connectivity index (χ1n) is 8.32. The molecular weight excluding hydrogens is 340 g/mol. The van der Waals surface area contributed by atoms with Gasteiger partial charge < -0.3 is 19.7 Å². The van der Waals surface area contributed by atoms with Crippen molar-refractivity contribution in [2.75, 3.05) is 18.4 Å². The summed E-state index contributed by atoms with van der Waals surface area (Å²) in [5.74, 6) is 0.202. The van der Waals surface area contributed by atoms with Gasteiger partial charge in [0.15, 0.2) is 11.3 Å². The molecule has 1 N–H and O–H groups in total. The average Bonchev–Trinajstić information content (AvgIpc) is 2.56. The fourth-order valence-corrected chi connectivity index (χ4v) is 3.12. The number of amides is 1. The molecule has 9 nitrogen and oxygen atoms in total. The highest BCUT2D eigenvalue weighted by atomic mass is 16.6. The normalized spacial score (nSPS) is 21.4. The molecule has 2 aliphatic rings. The van der Waals surface area contributed by atoms with Gasteiger partial charge in [0.1, 0.15) is 17.8 Å². The number of nitro benzene ring substituents is 1. The molecule has 1 amide bonds. The second-order valence-electron chi connectivity index (χ2n) is 7.33. The molecular formula is C17H20N4O5. The van der Waals surface area contributed by atoms with Crippen molar-refractivity contribution in [3.05, 3.63) is 27.8 Å². The third-order valence-electron chi connectivity index (χ3n) is 4.26. The van der Waals surface area contributed by atoms with Crippen LogP contribution in [0.3, 0.4) is 0 Å². The summed E-state index contributed by atoms with van der Waals surface area (Å²) in [6, 6.07) is 4.48. The Bertz CT molecular complexity index is 796. The van der Waals surface area contributed by atoms with Crippen molar-refractivity contribution in [1.82, 2.24) is 4.90 Å². The predicted molar refractivity (Wildman–Crippen MR) is 92.1 cm³/mol. The van der Waals surface area contributed by atoms with E-state index in [-0.39, 0.29) is 35.2 Å². The van der Waals surface area contributed by atoms with E-state index in [0.717, 1.165) is 0 Å². The third-order valence-corrected chi connectivity index (χ3v) is 4.26. The molecule has 0 bridgehead atoms. The molecule has 1 saturated heterocycles. The van der Waals surface area contributed by atoms with E-state index in [1.54, 1.807) is 4.90 Å². The molecule has 2 heterocycles. The van der Waals surface area contributed by atoms with E-state index in [4.69, 9.17) is 9.47 Å². The van der Waals surface area contributed by atoms with Crippen molar-refractivity contribution in [2.24, 2.45) is 0 Å². The van der Waals surface area contributed by atoms with Crippen molar-refractivity contribution in [3.8, 4) is 11.8 Å². The Hall–Kier alpha value is -3.02. The number of nitriles is 1. The molecule has 0 aliphatic carbocycles. The van der Waals surface area contributed by atoms with E-state index >= 15 is 0 Å². The van der Waals surface area contributed by atoms with Gasteiger partial charge in [-0.1, -0.05) is 0 Å². The van der Waals surface area contributed by atoms with Gasteiger partial charge in [-0.25, -0.2) is 4.79 Å². The number of carbonyl (C=O) groups is 1. The van der Waals surface area contributed by atoms with Gasteiger partial charge in [0, 0.05) is 25.6 Å². The fraction of sp³-hybridized carbons (Fsp3) is 0.529. The van der Waals surface area contributed by atoms with Gasteiger partial charge in [0.25, 0.3) is 5.69 Å². The summed E-state index contributed by atoms with van der Waals surface area (Å²) in [6.07, 6.45) is -0.135. The van der Waals surface area contributed by atoms with Gasteiger partial charge in [-0.05, 0) is 26.8 Å². The maximum Gasteiger partial charge on any atom is 0.410 e. The molecule has 0 radical (unpaired) electrons.